The van der Waals surface area contributed by atoms with Gasteiger partial charge in [0.05, 0.1) is 22.2 Å². The van der Waals surface area contributed by atoms with Crippen molar-refractivity contribution in [2.45, 2.75) is 11.8 Å². The fraction of sp³-hybridized carbons (Fsp3) is 0.105. The zero-order valence-corrected chi connectivity index (χ0v) is 16.8. The molecule has 144 valence electrons. The lowest BCUT2D eigenvalue weighted by Gasteiger charge is -2.08. The van der Waals surface area contributed by atoms with Crippen LogP contribution in [0.5, 0.6) is 5.75 Å². The Morgan fingerprint density at radius 3 is 2.71 bits per heavy atom. The van der Waals surface area contributed by atoms with Crippen LogP contribution < -0.4 is 15.6 Å². The summed E-state index contributed by atoms with van der Waals surface area (Å²) in [5.41, 5.74) is 0.571. The number of nitrogens with zero attached hydrogens (tertiary/aromatic N) is 1. The molecule has 6 nitrogen and oxygen atoms in total. The largest absolute Gasteiger partial charge is 0.487 e. The molecule has 28 heavy (non-hydrogen) atoms. The van der Waals surface area contributed by atoms with Crippen molar-refractivity contribution in [3.63, 3.8) is 0 Å². The van der Waals surface area contributed by atoms with E-state index in [9.17, 15) is 9.59 Å². The topological polar surface area (TPSA) is 84.1 Å². The van der Waals surface area contributed by atoms with Crippen molar-refractivity contribution >= 4 is 46.6 Å². The van der Waals surface area contributed by atoms with Crippen molar-refractivity contribution in [3.05, 3.63) is 80.7 Å². The highest BCUT2D eigenvalue weighted by Gasteiger charge is 2.10. The molecular formula is C19H15Cl2N3O3S. The van der Waals surface area contributed by atoms with E-state index in [-0.39, 0.29) is 23.8 Å². The highest BCUT2D eigenvalue weighted by atomic mass is 35.5. The van der Waals surface area contributed by atoms with Crippen LogP contribution in [0.2, 0.25) is 10.0 Å². The summed E-state index contributed by atoms with van der Waals surface area (Å²) in [7, 11) is 0. The predicted octanol–water partition coefficient (Wildman–Crippen LogP) is 4.39. The number of carbonyl (C=O) groups excluding carboxylic acids is 1. The normalized spacial score (nSPS) is 10.5. The van der Waals surface area contributed by atoms with Gasteiger partial charge in [-0.1, -0.05) is 53.2 Å². The van der Waals surface area contributed by atoms with Gasteiger partial charge in [-0.3, -0.25) is 9.59 Å². The van der Waals surface area contributed by atoms with E-state index in [2.05, 4.69) is 15.3 Å². The van der Waals surface area contributed by atoms with Gasteiger partial charge < -0.3 is 15.0 Å². The van der Waals surface area contributed by atoms with Crippen LogP contribution in [0.3, 0.4) is 0 Å². The Morgan fingerprint density at radius 2 is 1.93 bits per heavy atom. The van der Waals surface area contributed by atoms with Gasteiger partial charge in [0.2, 0.25) is 5.91 Å². The van der Waals surface area contributed by atoms with E-state index < -0.39 is 0 Å². The van der Waals surface area contributed by atoms with Gasteiger partial charge in [0.15, 0.2) is 5.16 Å². The molecule has 2 aromatic carbocycles. The molecule has 3 aromatic rings. The highest BCUT2D eigenvalue weighted by Crippen LogP contribution is 2.25. The second-order valence-electron chi connectivity index (χ2n) is 5.60. The number of thioether (sulfide) groups is 1. The second kappa shape index (κ2) is 9.64. The third-order valence-corrected chi connectivity index (χ3v) is 4.88. The van der Waals surface area contributed by atoms with Gasteiger partial charge in [0, 0.05) is 11.1 Å². The number of H-pyrrole nitrogens is 1. The Kier molecular flexibility index (Phi) is 6.97. The van der Waals surface area contributed by atoms with Crippen LogP contribution in [0, 0.1) is 0 Å². The van der Waals surface area contributed by atoms with Gasteiger partial charge in [0.25, 0.3) is 5.56 Å². The number of aromatic amines is 1. The van der Waals surface area contributed by atoms with Crippen LogP contribution in [0.4, 0.5) is 5.69 Å². The first kappa shape index (κ1) is 20.3. The summed E-state index contributed by atoms with van der Waals surface area (Å²) in [5.74, 6) is 0.411. The van der Waals surface area contributed by atoms with Gasteiger partial charge in [-0.25, -0.2) is 4.98 Å². The number of hydrogen-bond acceptors (Lipinski definition) is 5. The Labute approximate surface area is 175 Å². The molecule has 0 atom stereocenters. The lowest BCUT2D eigenvalue weighted by molar-refractivity contribution is -0.113. The Hall–Kier alpha value is -2.48. The number of halogens is 2. The lowest BCUT2D eigenvalue weighted by atomic mass is 10.3. The quantitative estimate of drug-likeness (QED) is 0.424. The molecule has 0 saturated carbocycles. The van der Waals surface area contributed by atoms with Gasteiger partial charge in [-0.15, -0.1) is 0 Å². The van der Waals surface area contributed by atoms with Crippen molar-refractivity contribution < 1.29 is 9.53 Å². The van der Waals surface area contributed by atoms with Crippen LogP contribution in [-0.2, 0) is 11.4 Å². The minimum Gasteiger partial charge on any atom is -0.487 e. The number of para-hydroxylation sites is 1. The van der Waals surface area contributed by atoms with E-state index in [1.165, 1.54) is 6.07 Å². The van der Waals surface area contributed by atoms with Crippen LogP contribution in [0.15, 0.2) is 64.5 Å². The zero-order chi connectivity index (χ0) is 19.9. The Balaban J connectivity index is 1.59. The van der Waals surface area contributed by atoms with Crippen LogP contribution in [-0.4, -0.2) is 21.6 Å². The number of ether oxygens (including phenoxy) is 1. The smallest absolute Gasteiger partial charge is 0.251 e. The molecule has 0 aliphatic carbocycles. The van der Waals surface area contributed by atoms with Crippen molar-refractivity contribution in [1.82, 2.24) is 9.97 Å². The summed E-state index contributed by atoms with van der Waals surface area (Å²) < 4.78 is 5.60. The third-order valence-electron chi connectivity index (χ3n) is 3.45. The molecule has 3 rings (SSSR count). The summed E-state index contributed by atoms with van der Waals surface area (Å²) in [6.45, 7) is 0.145. The average Bonchev–Trinajstić information content (AvgIpc) is 2.68. The molecule has 0 unspecified atom stereocenters. The van der Waals surface area contributed by atoms with Crippen LogP contribution in [0.25, 0.3) is 0 Å². The van der Waals surface area contributed by atoms with Gasteiger partial charge in [0.1, 0.15) is 12.4 Å². The van der Waals surface area contributed by atoms with Crippen molar-refractivity contribution in [1.29, 1.82) is 0 Å². The van der Waals surface area contributed by atoms with E-state index in [0.717, 1.165) is 11.8 Å². The van der Waals surface area contributed by atoms with E-state index in [1.54, 1.807) is 18.2 Å². The molecule has 1 heterocycles. The first-order valence-corrected chi connectivity index (χ1v) is 9.89. The van der Waals surface area contributed by atoms with Gasteiger partial charge >= 0.3 is 0 Å². The van der Waals surface area contributed by atoms with E-state index in [0.29, 0.717) is 32.3 Å². The maximum absolute atomic E-state index is 12.2. The van der Waals surface area contributed by atoms with Crippen LogP contribution >= 0.6 is 35.0 Å². The molecule has 0 saturated heterocycles. The number of hydrogen-bond donors (Lipinski definition) is 2. The Morgan fingerprint density at radius 1 is 1.14 bits per heavy atom. The summed E-state index contributed by atoms with van der Waals surface area (Å²) >= 11 is 13.0. The molecule has 1 amide bonds. The number of amides is 1. The molecule has 0 bridgehead atoms. The minimum atomic E-state index is -0.317. The predicted molar refractivity (Wildman–Crippen MR) is 111 cm³/mol. The van der Waals surface area contributed by atoms with Crippen molar-refractivity contribution in [3.8, 4) is 5.75 Å². The minimum absolute atomic E-state index is 0.0365. The third kappa shape index (κ3) is 6.02. The molecule has 1 aromatic heterocycles. The monoisotopic (exact) mass is 435 g/mol. The van der Waals surface area contributed by atoms with Crippen molar-refractivity contribution in [2.75, 3.05) is 11.1 Å². The Bertz CT molecular complexity index is 1030. The molecule has 0 spiro atoms. The number of rotatable bonds is 7. The molecule has 0 radical (unpaired) electrons. The molecule has 0 fully saturated rings. The van der Waals surface area contributed by atoms with E-state index >= 15 is 0 Å². The van der Waals surface area contributed by atoms with E-state index in [1.807, 2.05) is 30.3 Å². The number of anilines is 1. The SMILES string of the molecule is O=C(CSc1nc(COc2ccccc2)cc(=O)[nH]1)Nc1cc(Cl)ccc1Cl. The fourth-order valence-corrected chi connectivity index (χ4v) is 3.24. The molecule has 9 heteroatoms. The summed E-state index contributed by atoms with van der Waals surface area (Å²) in [4.78, 5) is 30.9. The summed E-state index contributed by atoms with van der Waals surface area (Å²) in [6.07, 6.45) is 0. The van der Waals surface area contributed by atoms with Gasteiger partial charge in [-0.05, 0) is 30.3 Å². The average molecular weight is 436 g/mol. The first-order chi connectivity index (χ1) is 13.5. The molecule has 0 aliphatic heterocycles. The van der Waals surface area contributed by atoms with Crippen LogP contribution in [0.1, 0.15) is 5.69 Å². The zero-order valence-electron chi connectivity index (χ0n) is 14.4. The molecule has 0 aliphatic rings. The lowest BCUT2D eigenvalue weighted by Crippen LogP contribution is -2.16. The molecular weight excluding hydrogens is 421 g/mol. The number of benzene rings is 2. The number of carbonyl (C=O) groups is 1. The second-order valence-corrected chi connectivity index (χ2v) is 7.41. The maximum atomic E-state index is 12.2. The maximum Gasteiger partial charge on any atom is 0.251 e. The fourth-order valence-electron chi connectivity index (χ4n) is 2.21. The number of nitrogens with one attached hydrogen (secondary N) is 2. The highest BCUT2D eigenvalue weighted by molar-refractivity contribution is 7.99. The van der Waals surface area contributed by atoms with Gasteiger partial charge in [-0.2, -0.15) is 0 Å². The number of aromatic nitrogens is 2. The summed E-state index contributed by atoms with van der Waals surface area (Å²) in [6, 6.07) is 15.4. The standard InChI is InChI=1S/C19H15Cl2N3O3S/c20-12-6-7-15(21)16(8-12)23-18(26)11-28-19-22-13(9-17(25)24-19)10-27-14-4-2-1-3-5-14/h1-9H,10-11H2,(H,23,26)(H,22,24,25). The first-order valence-electron chi connectivity index (χ1n) is 8.15. The molecule has 2 N–H and O–H groups in total. The summed E-state index contributed by atoms with van der Waals surface area (Å²) in [5, 5.41) is 3.85. The van der Waals surface area contributed by atoms with Crippen molar-refractivity contribution in [2.24, 2.45) is 0 Å². The van der Waals surface area contributed by atoms with E-state index in [4.69, 9.17) is 27.9 Å².